The Labute approximate surface area is 155 Å². The maximum absolute atomic E-state index is 12.4. The second-order valence-corrected chi connectivity index (χ2v) is 6.11. The molecular formula is C22H16N2O3. The first-order chi connectivity index (χ1) is 13.1. The van der Waals surface area contributed by atoms with E-state index in [0.717, 1.165) is 10.8 Å². The van der Waals surface area contributed by atoms with E-state index in [4.69, 9.17) is 0 Å². The molecule has 2 amide bonds. The van der Waals surface area contributed by atoms with Gasteiger partial charge in [-0.2, -0.15) is 0 Å². The molecule has 5 heteroatoms. The van der Waals surface area contributed by atoms with Gasteiger partial charge in [-0.1, -0.05) is 60.7 Å². The number of rotatable bonds is 2. The van der Waals surface area contributed by atoms with Crippen LogP contribution in [0, 0.1) is 0 Å². The molecule has 0 radical (unpaired) electrons. The van der Waals surface area contributed by atoms with Crippen LogP contribution in [0.15, 0.2) is 78.9 Å². The van der Waals surface area contributed by atoms with Gasteiger partial charge in [-0.05, 0) is 23.6 Å². The standard InChI is InChI=1S/C22H16N2O3/c25-20-13-5-9-16-17(20)10-4-12-19(16)24-22(27)21(26)23-18-11-3-7-14-6-1-2-8-15(14)18/h1-13,25H,(H,23,26)(H,24,27). The summed E-state index contributed by atoms with van der Waals surface area (Å²) in [5.74, 6) is -1.42. The molecule has 5 nitrogen and oxygen atoms in total. The largest absolute Gasteiger partial charge is 0.507 e. The second-order valence-electron chi connectivity index (χ2n) is 6.11. The molecule has 0 aliphatic heterocycles. The first-order valence-corrected chi connectivity index (χ1v) is 8.44. The van der Waals surface area contributed by atoms with Gasteiger partial charge < -0.3 is 15.7 Å². The lowest BCUT2D eigenvalue weighted by Gasteiger charge is -2.11. The summed E-state index contributed by atoms with van der Waals surface area (Å²) in [5.41, 5.74) is 1.03. The number of hydrogen-bond acceptors (Lipinski definition) is 3. The Balaban J connectivity index is 1.59. The molecule has 132 valence electrons. The number of nitrogens with one attached hydrogen (secondary N) is 2. The lowest BCUT2D eigenvalue weighted by molar-refractivity contribution is -0.132. The van der Waals surface area contributed by atoms with Crippen molar-refractivity contribution in [3.63, 3.8) is 0 Å². The fraction of sp³-hybridized carbons (Fsp3) is 0. The van der Waals surface area contributed by atoms with Gasteiger partial charge >= 0.3 is 11.8 Å². The predicted molar refractivity (Wildman–Crippen MR) is 107 cm³/mol. The molecule has 0 aromatic heterocycles. The molecule has 0 heterocycles. The van der Waals surface area contributed by atoms with E-state index in [2.05, 4.69) is 10.6 Å². The average molecular weight is 356 g/mol. The predicted octanol–water partition coefficient (Wildman–Crippen LogP) is 4.28. The molecule has 3 N–H and O–H groups in total. The molecule has 0 aliphatic carbocycles. The highest BCUT2D eigenvalue weighted by atomic mass is 16.3. The van der Waals surface area contributed by atoms with Gasteiger partial charge in [0.25, 0.3) is 0 Å². The molecule has 0 saturated carbocycles. The van der Waals surface area contributed by atoms with Gasteiger partial charge in [0.05, 0.1) is 0 Å². The maximum atomic E-state index is 12.4. The van der Waals surface area contributed by atoms with E-state index < -0.39 is 11.8 Å². The highest BCUT2D eigenvalue weighted by Gasteiger charge is 2.16. The summed E-state index contributed by atoms with van der Waals surface area (Å²) in [6, 6.07) is 23.3. The van der Waals surface area contributed by atoms with E-state index in [1.54, 1.807) is 42.5 Å². The molecule has 0 fully saturated rings. The third kappa shape index (κ3) is 3.18. The summed E-state index contributed by atoms with van der Waals surface area (Å²) >= 11 is 0. The first-order valence-electron chi connectivity index (χ1n) is 8.44. The monoisotopic (exact) mass is 356 g/mol. The molecule has 4 aromatic carbocycles. The number of phenols is 1. The number of fused-ring (bicyclic) bond motifs is 2. The maximum Gasteiger partial charge on any atom is 0.314 e. The Morgan fingerprint density at radius 1 is 0.593 bits per heavy atom. The third-order valence-corrected chi connectivity index (χ3v) is 4.39. The first kappa shape index (κ1) is 16.6. The molecule has 0 saturated heterocycles. The topological polar surface area (TPSA) is 78.4 Å². The number of anilines is 2. The van der Waals surface area contributed by atoms with Crippen molar-refractivity contribution in [3.8, 4) is 5.75 Å². The summed E-state index contributed by atoms with van der Waals surface area (Å²) in [5, 5.41) is 18.3. The summed E-state index contributed by atoms with van der Waals surface area (Å²) in [4.78, 5) is 24.8. The van der Waals surface area contributed by atoms with Gasteiger partial charge in [-0.25, -0.2) is 0 Å². The third-order valence-electron chi connectivity index (χ3n) is 4.39. The number of aromatic hydroxyl groups is 1. The van der Waals surface area contributed by atoms with Crippen LogP contribution in [0.3, 0.4) is 0 Å². The number of amides is 2. The van der Waals surface area contributed by atoms with E-state index in [-0.39, 0.29) is 5.75 Å². The van der Waals surface area contributed by atoms with Crippen molar-refractivity contribution in [3.05, 3.63) is 78.9 Å². The zero-order valence-corrected chi connectivity index (χ0v) is 14.3. The lowest BCUT2D eigenvalue weighted by Crippen LogP contribution is -2.29. The molecule has 27 heavy (non-hydrogen) atoms. The number of hydrogen-bond donors (Lipinski definition) is 3. The summed E-state index contributed by atoms with van der Waals surface area (Å²) < 4.78 is 0. The van der Waals surface area contributed by atoms with Crippen LogP contribution in [-0.2, 0) is 9.59 Å². The molecule has 0 atom stereocenters. The second kappa shape index (κ2) is 6.80. The fourth-order valence-corrected chi connectivity index (χ4v) is 3.09. The minimum atomic E-state index is -0.779. The Morgan fingerprint density at radius 2 is 1.11 bits per heavy atom. The van der Waals surface area contributed by atoms with Crippen molar-refractivity contribution < 1.29 is 14.7 Å². The van der Waals surface area contributed by atoms with Crippen LogP contribution >= 0.6 is 0 Å². The highest BCUT2D eigenvalue weighted by molar-refractivity contribution is 6.44. The molecule has 0 spiro atoms. The number of carbonyl (C=O) groups is 2. The minimum Gasteiger partial charge on any atom is -0.507 e. The Morgan fingerprint density at radius 3 is 1.89 bits per heavy atom. The Bertz CT molecular complexity index is 1180. The Hall–Kier alpha value is -3.86. The van der Waals surface area contributed by atoms with Crippen LogP contribution in [0.1, 0.15) is 0 Å². The zero-order valence-electron chi connectivity index (χ0n) is 14.3. The van der Waals surface area contributed by atoms with Crippen molar-refractivity contribution >= 4 is 44.7 Å². The van der Waals surface area contributed by atoms with Crippen molar-refractivity contribution in [1.82, 2.24) is 0 Å². The van der Waals surface area contributed by atoms with Gasteiger partial charge in [-0.3, -0.25) is 9.59 Å². The van der Waals surface area contributed by atoms with Gasteiger partial charge in [0.1, 0.15) is 5.75 Å². The molecule has 0 unspecified atom stereocenters. The fourth-order valence-electron chi connectivity index (χ4n) is 3.09. The normalized spacial score (nSPS) is 10.7. The van der Waals surface area contributed by atoms with Crippen molar-refractivity contribution in [2.45, 2.75) is 0 Å². The van der Waals surface area contributed by atoms with E-state index >= 15 is 0 Å². The Kier molecular flexibility index (Phi) is 4.18. The van der Waals surface area contributed by atoms with Crippen molar-refractivity contribution in [2.75, 3.05) is 10.6 Å². The van der Waals surface area contributed by atoms with E-state index in [0.29, 0.717) is 22.1 Å². The van der Waals surface area contributed by atoms with Crippen LogP contribution in [0.5, 0.6) is 5.75 Å². The minimum absolute atomic E-state index is 0.115. The van der Waals surface area contributed by atoms with Gasteiger partial charge in [0.2, 0.25) is 0 Å². The van der Waals surface area contributed by atoms with Crippen LogP contribution in [0.25, 0.3) is 21.5 Å². The number of carbonyl (C=O) groups excluding carboxylic acids is 2. The van der Waals surface area contributed by atoms with Gasteiger partial charge in [0.15, 0.2) is 0 Å². The quantitative estimate of drug-likeness (QED) is 0.469. The molecule has 0 bridgehead atoms. The number of benzene rings is 4. The van der Waals surface area contributed by atoms with Crippen molar-refractivity contribution in [2.24, 2.45) is 0 Å². The molecule has 4 aromatic rings. The van der Waals surface area contributed by atoms with E-state index in [1.807, 2.05) is 36.4 Å². The van der Waals surface area contributed by atoms with Gasteiger partial charge in [0, 0.05) is 27.5 Å². The van der Waals surface area contributed by atoms with Crippen LogP contribution in [0.4, 0.5) is 11.4 Å². The van der Waals surface area contributed by atoms with Crippen LogP contribution < -0.4 is 10.6 Å². The van der Waals surface area contributed by atoms with E-state index in [9.17, 15) is 14.7 Å². The highest BCUT2D eigenvalue weighted by Crippen LogP contribution is 2.30. The van der Waals surface area contributed by atoms with E-state index in [1.165, 1.54) is 0 Å². The SMILES string of the molecule is O=C(Nc1cccc2ccccc12)C(=O)Nc1cccc2c(O)cccc12. The van der Waals surface area contributed by atoms with Gasteiger partial charge in [-0.15, -0.1) is 0 Å². The van der Waals surface area contributed by atoms with Crippen LogP contribution in [-0.4, -0.2) is 16.9 Å². The smallest absolute Gasteiger partial charge is 0.314 e. The molecule has 4 rings (SSSR count). The zero-order chi connectivity index (χ0) is 18.8. The lowest BCUT2D eigenvalue weighted by atomic mass is 10.1. The summed E-state index contributed by atoms with van der Waals surface area (Å²) in [6.45, 7) is 0. The summed E-state index contributed by atoms with van der Waals surface area (Å²) in [6.07, 6.45) is 0. The van der Waals surface area contributed by atoms with Crippen LogP contribution in [0.2, 0.25) is 0 Å². The average Bonchev–Trinajstić information content (AvgIpc) is 2.69. The number of phenolic OH excluding ortho intramolecular Hbond substituents is 1. The summed E-state index contributed by atoms with van der Waals surface area (Å²) in [7, 11) is 0. The van der Waals surface area contributed by atoms with Crippen molar-refractivity contribution in [1.29, 1.82) is 0 Å². The molecular weight excluding hydrogens is 340 g/mol. The molecule has 0 aliphatic rings.